The number of nitrogens with zero attached hydrogens (tertiary/aromatic N) is 1. The lowest BCUT2D eigenvalue weighted by atomic mass is 10.2. The quantitative estimate of drug-likeness (QED) is 0.666. The van der Waals surface area contributed by atoms with Crippen molar-refractivity contribution in [1.82, 2.24) is 5.32 Å². The molecule has 0 fully saturated rings. The van der Waals surface area contributed by atoms with Crippen molar-refractivity contribution in [3.63, 3.8) is 0 Å². The summed E-state index contributed by atoms with van der Waals surface area (Å²) in [7, 11) is 0. The first-order chi connectivity index (χ1) is 8.16. The monoisotopic (exact) mass is 248 g/mol. The van der Waals surface area contributed by atoms with Crippen molar-refractivity contribution in [1.29, 1.82) is 0 Å². The highest BCUT2D eigenvalue weighted by Gasteiger charge is 2.13. The Kier molecular flexibility index (Phi) is 3.39. The fourth-order valence-corrected chi connectivity index (χ4v) is 2.21. The Balaban J connectivity index is 2.07. The molecule has 17 heavy (non-hydrogen) atoms. The molecule has 0 aliphatic rings. The van der Waals surface area contributed by atoms with Crippen molar-refractivity contribution >= 4 is 17.2 Å². The Morgan fingerprint density at radius 2 is 2.29 bits per heavy atom. The SMILES string of the molecule is CC(NC(=O)c1ccc[n+]([O-])c1)c1cccs1. The molecule has 1 atom stereocenters. The van der Waals surface area contributed by atoms with Gasteiger partial charge in [-0.25, -0.2) is 0 Å². The standard InChI is InChI=1S/C12H12N2O2S/c1-9(11-5-3-7-17-11)13-12(15)10-4-2-6-14(16)8-10/h2-9H,1H3,(H,13,15). The van der Waals surface area contributed by atoms with Crippen LogP contribution in [0.4, 0.5) is 0 Å². The van der Waals surface area contributed by atoms with Crippen molar-refractivity contribution < 1.29 is 9.52 Å². The van der Waals surface area contributed by atoms with Gasteiger partial charge in [-0.05, 0) is 24.4 Å². The van der Waals surface area contributed by atoms with E-state index in [1.165, 1.54) is 12.4 Å². The summed E-state index contributed by atoms with van der Waals surface area (Å²) in [5.74, 6) is -0.240. The van der Waals surface area contributed by atoms with Gasteiger partial charge in [0.15, 0.2) is 12.4 Å². The first-order valence-electron chi connectivity index (χ1n) is 5.20. The van der Waals surface area contributed by atoms with Crippen molar-refractivity contribution in [2.45, 2.75) is 13.0 Å². The number of amides is 1. The summed E-state index contributed by atoms with van der Waals surface area (Å²) in [5.41, 5.74) is 0.367. The number of hydrogen-bond donors (Lipinski definition) is 1. The fraction of sp³-hybridized carbons (Fsp3) is 0.167. The summed E-state index contributed by atoms with van der Waals surface area (Å²) in [5, 5.41) is 15.9. The van der Waals surface area contributed by atoms with Crippen LogP contribution in [-0.2, 0) is 0 Å². The van der Waals surface area contributed by atoms with E-state index in [0.29, 0.717) is 10.3 Å². The summed E-state index contributed by atoms with van der Waals surface area (Å²) >= 11 is 1.59. The van der Waals surface area contributed by atoms with Gasteiger partial charge in [0, 0.05) is 10.9 Å². The zero-order valence-electron chi connectivity index (χ0n) is 9.29. The van der Waals surface area contributed by atoms with Gasteiger partial charge in [0.25, 0.3) is 5.91 Å². The first-order valence-corrected chi connectivity index (χ1v) is 6.08. The first kappa shape index (κ1) is 11.6. The second kappa shape index (κ2) is 4.97. The molecule has 2 rings (SSSR count). The largest absolute Gasteiger partial charge is 0.619 e. The molecule has 0 aromatic carbocycles. The number of aromatic nitrogens is 1. The van der Waals surface area contributed by atoms with Gasteiger partial charge in [0.2, 0.25) is 0 Å². The lowest BCUT2D eigenvalue weighted by Crippen LogP contribution is -2.31. The van der Waals surface area contributed by atoms with Gasteiger partial charge in [-0.2, -0.15) is 4.73 Å². The second-order valence-electron chi connectivity index (χ2n) is 3.66. The molecule has 5 heteroatoms. The Morgan fingerprint density at radius 1 is 1.47 bits per heavy atom. The van der Waals surface area contributed by atoms with Gasteiger partial charge in [0.1, 0.15) is 5.56 Å². The van der Waals surface area contributed by atoms with Crippen LogP contribution in [0.3, 0.4) is 0 Å². The zero-order valence-corrected chi connectivity index (χ0v) is 10.1. The normalized spacial score (nSPS) is 12.1. The number of pyridine rings is 1. The van der Waals surface area contributed by atoms with E-state index in [1.54, 1.807) is 23.5 Å². The fourth-order valence-electron chi connectivity index (χ4n) is 1.48. The minimum absolute atomic E-state index is 0.0530. The molecule has 88 valence electrons. The molecule has 0 saturated carbocycles. The molecule has 0 aliphatic heterocycles. The molecular weight excluding hydrogens is 236 g/mol. The van der Waals surface area contributed by atoms with E-state index in [2.05, 4.69) is 5.32 Å². The molecule has 1 N–H and O–H groups in total. The van der Waals surface area contributed by atoms with E-state index >= 15 is 0 Å². The van der Waals surface area contributed by atoms with Crippen LogP contribution in [-0.4, -0.2) is 5.91 Å². The van der Waals surface area contributed by atoms with Gasteiger partial charge in [-0.3, -0.25) is 4.79 Å². The molecule has 0 saturated heterocycles. The number of thiophene rings is 1. The number of carbonyl (C=O) groups is 1. The second-order valence-corrected chi connectivity index (χ2v) is 4.64. The summed E-state index contributed by atoms with van der Waals surface area (Å²) < 4.78 is 0.616. The maximum atomic E-state index is 11.8. The molecule has 2 aromatic rings. The van der Waals surface area contributed by atoms with Crippen LogP contribution in [0.1, 0.15) is 28.2 Å². The average Bonchev–Trinajstić information content (AvgIpc) is 2.82. The van der Waals surface area contributed by atoms with Crippen molar-refractivity contribution in [3.8, 4) is 0 Å². The molecule has 2 heterocycles. The number of hydrogen-bond acceptors (Lipinski definition) is 3. The van der Waals surface area contributed by atoms with E-state index < -0.39 is 0 Å². The smallest absolute Gasteiger partial charge is 0.257 e. The van der Waals surface area contributed by atoms with Gasteiger partial charge >= 0.3 is 0 Å². The topological polar surface area (TPSA) is 56.0 Å². The third kappa shape index (κ3) is 2.82. The highest BCUT2D eigenvalue weighted by atomic mass is 32.1. The van der Waals surface area contributed by atoms with E-state index in [0.717, 1.165) is 4.88 Å². The predicted molar refractivity (Wildman–Crippen MR) is 65.6 cm³/mol. The maximum absolute atomic E-state index is 11.8. The van der Waals surface area contributed by atoms with Crippen molar-refractivity contribution in [3.05, 3.63) is 57.7 Å². The van der Waals surface area contributed by atoms with Crippen LogP contribution < -0.4 is 10.0 Å². The minimum Gasteiger partial charge on any atom is -0.619 e. The van der Waals surface area contributed by atoms with Gasteiger partial charge in [0.05, 0.1) is 6.04 Å². The Labute approximate surface area is 103 Å². The number of carbonyl (C=O) groups excluding carboxylic acids is 1. The molecule has 4 nitrogen and oxygen atoms in total. The average molecular weight is 248 g/mol. The highest BCUT2D eigenvalue weighted by molar-refractivity contribution is 7.10. The third-order valence-electron chi connectivity index (χ3n) is 2.35. The third-order valence-corrected chi connectivity index (χ3v) is 3.41. The Hall–Kier alpha value is -1.88. The molecule has 2 aromatic heterocycles. The summed E-state index contributed by atoms with van der Waals surface area (Å²) in [6, 6.07) is 7.02. The van der Waals surface area contributed by atoms with Crippen LogP contribution >= 0.6 is 11.3 Å². The van der Waals surface area contributed by atoms with E-state index in [4.69, 9.17) is 0 Å². The molecule has 0 radical (unpaired) electrons. The number of rotatable bonds is 3. The summed E-state index contributed by atoms with van der Waals surface area (Å²) in [6.45, 7) is 1.91. The van der Waals surface area contributed by atoms with Crippen LogP contribution in [0, 0.1) is 5.21 Å². The van der Waals surface area contributed by atoms with Crippen LogP contribution in [0.15, 0.2) is 42.0 Å². The van der Waals surface area contributed by atoms with E-state index in [-0.39, 0.29) is 11.9 Å². The molecular formula is C12H12N2O2S. The Bertz CT molecular complexity index is 511. The van der Waals surface area contributed by atoms with Crippen LogP contribution in [0.25, 0.3) is 0 Å². The van der Waals surface area contributed by atoms with Gasteiger partial charge in [-0.1, -0.05) is 6.07 Å². The van der Waals surface area contributed by atoms with Crippen molar-refractivity contribution in [2.24, 2.45) is 0 Å². The summed E-state index contributed by atoms with van der Waals surface area (Å²) in [4.78, 5) is 12.9. The predicted octanol–water partition coefficient (Wildman–Crippen LogP) is 1.87. The number of nitrogens with one attached hydrogen (secondary N) is 1. The summed E-state index contributed by atoms with van der Waals surface area (Å²) in [6.07, 6.45) is 2.61. The highest BCUT2D eigenvalue weighted by Crippen LogP contribution is 2.18. The lowest BCUT2D eigenvalue weighted by Gasteiger charge is -2.11. The van der Waals surface area contributed by atoms with Crippen LogP contribution in [0.2, 0.25) is 0 Å². The molecule has 0 bridgehead atoms. The van der Waals surface area contributed by atoms with Gasteiger partial charge < -0.3 is 10.5 Å². The van der Waals surface area contributed by atoms with Crippen LogP contribution in [0.5, 0.6) is 0 Å². The molecule has 0 aliphatic carbocycles. The molecule has 1 unspecified atom stereocenters. The Morgan fingerprint density at radius 3 is 2.94 bits per heavy atom. The minimum atomic E-state index is -0.240. The van der Waals surface area contributed by atoms with Gasteiger partial charge in [-0.15, -0.1) is 11.3 Å². The van der Waals surface area contributed by atoms with E-state index in [9.17, 15) is 10.0 Å². The maximum Gasteiger partial charge on any atom is 0.257 e. The molecule has 1 amide bonds. The zero-order chi connectivity index (χ0) is 12.3. The lowest BCUT2D eigenvalue weighted by molar-refractivity contribution is -0.605. The van der Waals surface area contributed by atoms with E-state index in [1.807, 2.05) is 24.4 Å². The van der Waals surface area contributed by atoms with Crippen molar-refractivity contribution in [2.75, 3.05) is 0 Å². The molecule has 0 spiro atoms.